The lowest BCUT2D eigenvalue weighted by molar-refractivity contribution is -0.274. The van der Waals surface area contributed by atoms with Gasteiger partial charge in [-0.3, -0.25) is 0 Å². The van der Waals surface area contributed by atoms with Crippen LogP contribution < -0.4 is 4.74 Å². The van der Waals surface area contributed by atoms with Gasteiger partial charge < -0.3 is 4.74 Å². The van der Waals surface area contributed by atoms with Crippen LogP contribution in [-0.4, -0.2) is 12.2 Å². The highest BCUT2D eigenvalue weighted by Gasteiger charge is 2.30. The minimum absolute atomic E-state index is 0.181. The molecule has 80 valence electrons. The summed E-state index contributed by atoms with van der Waals surface area (Å²) in [5, 5.41) is 0. The van der Waals surface area contributed by atoms with Gasteiger partial charge in [-0.1, -0.05) is 11.8 Å². The second kappa shape index (κ2) is 4.94. The van der Waals surface area contributed by atoms with Crippen molar-refractivity contribution in [3.63, 3.8) is 0 Å². The summed E-state index contributed by atoms with van der Waals surface area (Å²) in [5.41, 5.74) is 0.588. The van der Waals surface area contributed by atoms with E-state index in [0.29, 0.717) is 5.56 Å². The molecule has 5 heteroatoms. The third kappa shape index (κ3) is 4.61. The number of ether oxygens (including phenoxy) is 1. The fourth-order valence-electron chi connectivity index (χ4n) is 0.875. The Bertz CT molecular complexity index is 372. The second-order valence-electron chi connectivity index (χ2n) is 2.51. The molecule has 0 amide bonds. The molecular weight excluding hydrogens is 229 g/mol. The third-order valence-corrected chi connectivity index (χ3v) is 1.52. The van der Waals surface area contributed by atoms with Crippen molar-refractivity contribution in [1.29, 1.82) is 0 Å². The largest absolute Gasteiger partial charge is 0.573 e. The summed E-state index contributed by atoms with van der Waals surface area (Å²) >= 11 is 5.32. The summed E-state index contributed by atoms with van der Waals surface area (Å²) in [4.78, 5) is 0. The summed E-state index contributed by atoms with van der Waals surface area (Å²) in [5.74, 6) is 5.17. The first-order chi connectivity index (χ1) is 7.01. The van der Waals surface area contributed by atoms with E-state index in [1.807, 2.05) is 0 Å². The van der Waals surface area contributed by atoms with E-state index in [0.717, 1.165) is 0 Å². The monoisotopic (exact) mass is 234 g/mol. The molecule has 0 spiro atoms. The maximum atomic E-state index is 11.8. The Hall–Kier alpha value is -1.34. The maximum Gasteiger partial charge on any atom is 0.573 e. The van der Waals surface area contributed by atoms with Gasteiger partial charge >= 0.3 is 6.36 Å². The van der Waals surface area contributed by atoms with Crippen molar-refractivity contribution in [1.82, 2.24) is 0 Å². The zero-order valence-electron chi connectivity index (χ0n) is 7.44. The molecule has 0 saturated heterocycles. The molecule has 1 nitrogen and oxygen atoms in total. The Balaban J connectivity index is 2.73. The van der Waals surface area contributed by atoms with Gasteiger partial charge in [0.15, 0.2) is 0 Å². The molecule has 0 aliphatic rings. The minimum atomic E-state index is -4.66. The lowest BCUT2D eigenvalue weighted by atomic mass is 10.2. The molecule has 0 N–H and O–H groups in total. The van der Waals surface area contributed by atoms with E-state index in [1.54, 1.807) is 0 Å². The highest BCUT2D eigenvalue weighted by molar-refractivity contribution is 6.19. The molecule has 1 aromatic rings. The Morgan fingerprint density at radius 1 is 1.20 bits per heavy atom. The van der Waals surface area contributed by atoms with E-state index in [2.05, 4.69) is 16.6 Å². The first-order valence-electron chi connectivity index (χ1n) is 3.92. The average molecular weight is 235 g/mol. The molecule has 0 aliphatic heterocycles. The van der Waals surface area contributed by atoms with Crippen molar-refractivity contribution in [3.05, 3.63) is 29.8 Å². The van der Waals surface area contributed by atoms with Crippen LogP contribution in [-0.2, 0) is 0 Å². The van der Waals surface area contributed by atoms with Crippen LogP contribution in [0.1, 0.15) is 5.56 Å². The Morgan fingerprint density at radius 3 is 2.27 bits per heavy atom. The van der Waals surface area contributed by atoms with Crippen molar-refractivity contribution >= 4 is 11.6 Å². The SMILES string of the molecule is FC(F)(F)Oc1ccc(C#CCCl)cc1. The summed E-state index contributed by atoms with van der Waals surface area (Å²) < 4.78 is 39.0. The van der Waals surface area contributed by atoms with Gasteiger partial charge in [0.25, 0.3) is 0 Å². The molecule has 0 aromatic heterocycles. The molecule has 15 heavy (non-hydrogen) atoms. The first-order valence-corrected chi connectivity index (χ1v) is 4.45. The van der Waals surface area contributed by atoms with Gasteiger partial charge in [0.1, 0.15) is 5.75 Å². The molecule has 0 radical (unpaired) electrons. The van der Waals surface area contributed by atoms with Gasteiger partial charge in [-0.25, -0.2) is 0 Å². The molecule has 0 heterocycles. The fourth-order valence-corrected chi connectivity index (χ4v) is 0.942. The standard InChI is InChI=1S/C10H6ClF3O/c11-7-1-2-8-3-5-9(6-4-8)15-10(12,13)14/h3-6H,7H2. The smallest absolute Gasteiger partial charge is 0.406 e. The zero-order chi connectivity index (χ0) is 11.3. The van der Waals surface area contributed by atoms with Crippen molar-refractivity contribution in [2.75, 3.05) is 5.88 Å². The van der Waals surface area contributed by atoms with Crippen LogP contribution in [0.5, 0.6) is 5.75 Å². The van der Waals surface area contributed by atoms with Gasteiger partial charge in [0, 0.05) is 5.56 Å². The van der Waals surface area contributed by atoms with E-state index in [4.69, 9.17) is 11.6 Å². The van der Waals surface area contributed by atoms with Gasteiger partial charge in [-0.15, -0.1) is 24.8 Å². The summed E-state index contributed by atoms with van der Waals surface area (Å²) in [6.07, 6.45) is -4.66. The molecular formula is C10H6ClF3O. The molecule has 0 aliphatic carbocycles. The van der Waals surface area contributed by atoms with Crippen LogP contribution in [0.25, 0.3) is 0 Å². The summed E-state index contributed by atoms with van der Waals surface area (Å²) in [6.45, 7) is 0. The number of hydrogen-bond acceptors (Lipinski definition) is 1. The Labute approximate surface area is 89.8 Å². The van der Waals surface area contributed by atoms with Crippen LogP contribution in [0.15, 0.2) is 24.3 Å². The van der Waals surface area contributed by atoms with Crippen LogP contribution >= 0.6 is 11.6 Å². The van der Waals surface area contributed by atoms with E-state index in [9.17, 15) is 13.2 Å². The molecule has 0 bridgehead atoms. The zero-order valence-corrected chi connectivity index (χ0v) is 8.19. The predicted molar refractivity (Wildman–Crippen MR) is 50.7 cm³/mol. The van der Waals surface area contributed by atoms with Gasteiger partial charge in [0.05, 0.1) is 5.88 Å². The minimum Gasteiger partial charge on any atom is -0.406 e. The average Bonchev–Trinajstić information content (AvgIpc) is 2.14. The van der Waals surface area contributed by atoms with Crippen LogP contribution in [0.4, 0.5) is 13.2 Å². The van der Waals surface area contributed by atoms with Gasteiger partial charge in [0.2, 0.25) is 0 Å². The van der Waals surface area contributed by atoms with Crippen LogP contribution in [0.3, 0.4) is 0 Å². The van der Waals surface area contributed by atoms with Crippen molar-refractivity contribution in [2.45, 2.75) is 6.36 Å². The molecule has 0 saturated carbocycles. The van der Waals surface area contributed by atoms with Crippen LogP contribution in [0.2, 0.25) is 0 Å². The number of alkyl halides is 4. The van der Waals surface area contributed by atoms with Crippen LogP contribution in [0, 0.1) is 11.8 Å². The molecule has 0 unspecified atom stereocenters. The molecule has 1 rings (SSSR count). The number of rotatable bonds is 1. The van der Waals surface area contributed by atoms with E-state index in [-0.39, 0.29) is 11.6 Å². The number of benzene rings is 1. The van der Waals surface area contributed by atoms with Crippen molar-refractivity contribution in [3.8, 4) is 17.6 Å². The lowest BCUT2D eigenvalue weighted by Gasteiger charge is -2.07. The van der Waals surface area contributed by atoms with E-state index >= 15 is 0 Å². The Kier molecular flexibility index (Phi) is 3.87. The summed E-state index contributed by atoms with van der Waals surface area (Å²) in [6, 6.07) is 5.26. The van der Waals surface area contributed by atoms with Crippen molar-refractivity contribution < 1.29 is 17.9 Å². The fraction of sp³-hybridized carbons (Fsp3) is 0.200. The maximum absolute atomic E-state index is 11.8. The normalized spacial score (nSPS) is 10.4. The highest BCUT2D eigenvalue weighted by atomic mass is 35.5. The lowest BCUT2D eigenvalue weighted by Crippen LogP contribution is -2.16. The Morgan fingerprint density at radius 2 is 1.80 bits per heavy atom. The highest BCUT2D eigenvalue weighted by Crippen LogP contribution is 2.22. The van der Waals surface area contributed by atoms with Gasteiger partial charge in [-0.2, -0.15) is 0 Å². The second-order valence-corrected chi connectivity index (χ2v) is 2.77. The number of halogens is 4. The topological polar surface area (TPSA) is 9.23 Å². The third-order valence-electron chi connectivity index (χ3n) is 1.39. The van der Waals surface area contributed by atoms with E-state index < -0.39 is 6.36 Å². The van der Waals surface area contributed by atoms with E-state index in [1.165, 1.54) is 24.3 Å². The van der Waals surface area contributed by atoms with Crippen molar-refractivity contribution in [2.24, 2.45) is 0 Å². The molecule has 1 aromatic carbocycles. The quantitative estimate of drug-likeness (QED) is 0.536. The predicted octanol–water partition coefficient (Wildman–Crippen LogP) is 3.18. The number of hydrogen-bond donors (Lipinski definition) is 0. The van der Waals surface area contributed by atoms with Gasteiger partial charge in [-0.05, 0) is 24.3 Å². The first kappa shape index (κ1) is 11.7. The molecule has 0 fully saturated rings. The molecule has 0 atom stereocenters. The summed E-state index contributed by atoms with van der Waals surface area (Å²) in [7, 11) is 0.